The molecule has 2 unspecified atom stereocenters. The van der Waals surface area contributed by atoms with Crippen LogP contribution in [0.1, 0.15) is 29.6 Å². The molecular formula is C13H13IO3. The second-order valence-corrected chi connectivity index (χ2v) is 5.60. The van der Waals surface area contributed by atoms with Crippen LogP contribution in [0.15, 0.2) is 24.3 Å². The third-order valence-corrected chi connectivity index (χ3v) is 4.02. The summed E-state index contributed by atoms with van der Waals surface area (Å²) in [6, 6.07) is 7.31. The minimum atomic E-state index is -0.841. The molecule has 4 heteroatoms. The van der Waals surface area contributed by atoms with E-state index in [1.54, 1.807) is 12.1 Å². The number of benzene rings is 1. The van der Waals surface area contributed by atoms with Crippen molar-refractivity contribution in [1.82, 2.24) is 0 Å². The average Bonchev–Trinajstić information content (AvgIpc) is 2.78. The highest BCUT2D eigenvalue weighted by Crippen LogP contribution is 2.34. The molecule has 1 N–H and O–H groups in total. The molecule has 1 saturated carbocycles. The average molecular weight is 344 g/mol. The molecule has 17 heavy (non-hydrogen) atoms. The van der Waals surface area contributed by atoms with Crippen LogP contribution in [-0.2, 0) is 4.79 Å². The van der Waals surface area contributed by atoms with Gasteiger partial charge in [0.15, 0.2) is 5.78 Å². The highest BCUT2D eigenvalue weighted by atomic mass is 127. The van der Waals surface area contributed by atoms with Gasteiger partial charge in [0, 0.05) is 15.1 Å². The van der Waals surface area contributed by atoms with Crippen molar-refractivity contribution in [3.63, 3.8) is 0 Å². The highest BCUT2D eigenvalue weighted by molar-refractivity contribution is 14.1. The summed E-state index contributed by atoms with van der Waals surface area (Å²) < 4.78 is 1.07. The SMILES string of the molecule is O=C(O)C1CCCC1C(=O)c1ccc(I)cc1. The van der Waals surface area contributed by atoms with Crippen LogP contribution in [0.2, 0.25) is 0 Å². The van der Waals surface area contributed by atoms with E-state index >= 15 is 0 Å². The Morgan fingerprint density at radius 1 is 1.12 bits per heavy atom. The summed E-state index contributed by atoms with van der Waals surface area (Å²) in [4.78, 5) is 23.3. The number of hydrogen-bond donors (Lipinski definition) is 1. The quantitative estimate of drug-likeness (QED) is 0.678. The van der Waals surface area contributed by atoms with Crippen LogP contribution in [0.5, 0.6) is 0 Å². The Kier molecular flexibility index (Phi) is 3.81. The van der Waals surface area contributed by atoms with Crippen molar-refractivity contribution in [2.75, 3.05) is 0 Å². The van der Waals surface area contributed by atoms with Crippen molar-refractivity contribution < 1.29 is 14.7 Å². The van der Waals surface area contributed by atoms with Gasteiger partial charge in [0.1, 0.15) is 0 Å². The Labute approximate surface area is 113 Å². The summed E-state index contributed by atoms with van der Waals surface area (Å²) >= 11 is 2.18. The maximum Gasteiger partial charge on any atom is 0.307 e. The van der Waals surface area contributed by atoms with Crippen LogP contribution in [0.4, 0.5) is 0 Å². The molecular weight excluding hydrogens is 331 g/mol. The first-order valence-corrected chi connectivity index (χ1v) is 6.70. The molecule has 0 amide bonds. The molecule has 1 fully saturated rings. The van der Waals surface area contributed by atoms with E-state index in [0.29, 0.717) is 18.4 Å². The lowest BCUT2D eigenvalue weighted by molar-refractivity contribution is -0.142. The van der Waals surface area contributed by atoms with E-state index in [1.165, 1.54) is 0 Å². The van der Waals surface area contributed by atoms with Crippen molar-refractivity contribution in [1.29, 1.82) is 0 Å². The first-order valence-electron chi connectivity index (χ1n) is 5.62. The molecule has 0 bridgehead atoms. The highest BCUT2D eigenvalue weighted by Gasteiger charge is 2.37. The normalized spacial score (nSPS) is 23.6. The standard InChI is InChI=1S/C13H13IO3/c14-9-6-4-8(5-7-9)12(15)10-2-1-3-11(10)13(16)17/h4-7,10-11H,1-3H2,(H,16,17). The number of carboxylic acids is 1. The van der Waals surface area contributed by atoms with Crippen LogP contribution in [0, 0.1) is 15.4 Å². The van der Waals surface area contributed by atoms with Gasteiger partial charge >= 0.3 is 5.97 Å². The first kappa shape index (κ1) is 12.5. The molecule has 0 aliphatic heterocycles. The number of aliphatic carboxylic acids is 1. The summed E-state index contributed by atoms with van der Waals surface area (Å²) in [5.41, 5.74) is 0.628. The minimum absolute atomic E-state index is 0.0219. The van der Waals surface area contributed by atoms with E-state index in [-0.39, 0.29) is 11.7 Å². The molecule has 1 aliphatic rings. The summed E-state index contributed by atoms with van der Waals surface area (Å²) in [6.45, 7) is 0. The molecule has 0 saturated heterocycles. The molecule has 1 aromatic rings. The van der Waals surface area contributed by atoms with Gasteiger partial charge in [-0.05, 0) is 47.6 Å². The van der Waals surface area contributed by atoms with Crippen LogP contribution in [0.25, 0.3) is 0 Å². The van der Waals surface area contributed by atoms with Crippen LogP contribution in [-0.4, -0.2) is 16.9 Å². The predicted octanol–water partition coefficient (Wildman–Crippen LogP) is 2.97. The fourth-order valence-electron chi connectivity index (χ4n) is 2.40. The van der Waals surface area contributed by atoms with E-state index in [1.807, 2.05) is 12.1 Å². The second kappa shape index (κ2) is 5.16. The third kappa shape index (κ3) is 2.68. The smallest absolute Gasteiger partial charge is 0.307 e. The molecule has 90 valence electrons. The molecule has 1 aliphatic carbocycles. The van der Waals surface area contributed by atoms with Gasteiger partial charge in [-0.2, -0.15) is 0 Å². The van der Waals surface area contributed by atoms with Crippen molar-refractivity contribution in [3.05, 3.63) is 33.4 Å². The Hall–Kier alpha value is -0.910. The predicted molar refractivity (Wildman–Crippen MR) is 72.0 cm³/mol. The number of halogens is 1. The van der Waals surface area contributed by atoms with Gasteiger partial charge in [-0.1, -0.05) is 18.6 Å². The molecule has 0 heterocycles. The van der Waals surface area contributed by atoms with E-state index in [4.69, 9.17) is 5.11 Å². The van der Waals surface area contributed by atoms with Crippen LogP contribution >= 0.6 is 22.6 Å². The van der Waals surface area contributed by atoms with Gasteiger partial charge in [-0.3, -0.25) is 9.59 Å². The van der Waals surface area contributed by atoms with Crippen molar-refractivity contribution in [3.8, 4) is 0 Å². The van der Waals surface area contributed by atoms with Gasteiger partial charge in [-0.25, -0.2) is 0 Å². The van der Waals surface area contributed by atoms with Gasteiger partial charge < -0.3 is 5.11 Å². The minimum Gasteiger partial charge on any atom is -0.481 e. The van der Waals surface area contributed by atoms with Crippen LogP contribution in [0.3, 0.4) is 0 Å². The Balaban J connectivity index is 2.19. The molecule has 0 spiro atoms. The van der Waals surface area contributed by atoms with E-state index in [9.17, 15) is 9.59 Å². The van der Waals surface area contributed by atoms with Crippen molar-refractivity contribution >= 4 is 34.3 Å². The van der Waals surface area contributed by atoms with E-state index in [2.05, 4.69) is 22.6 Å². The summed E-state index contributed by atoms with van der Waals surface area (Å²) in [6.07, 6.45) is 2.15. The van der Waals surface area contributed by atoms with Crippen molar-refractivity contribution in [2.24, 2.45) is 11.8 Å². The number of carboxylic acid groups (broad SMARTS) is 1. The number of rotatable bonds is 3. The maximum atomic E-state index is 12.2. The lowest BCUT2D eigenvalue weighted by Crippen LogP contribution is -2.25. The number of Topliss-reactive ketones (excluding diaryl/α,β-unsaturated/α-hetero) is 1. The number of carbonyl (C=O) groups is 2. The maximum absolute atomic E-state index is 12.2. The lowest BCUT2D eigenvalue weighted by Gasteiger charge is -2.14. The number of carbonyl (C=O) groups excluding carboxylic acids is 1. The lowest BCUT2D eigenvalue weighted by atomic mass is 9.88. The number of hydrogen-bond acceptors (Lipinski definition) is 2. The molecule has 0 radical (unpaired) electrons. The topological polar surface area (TPSA) is 54.4 Å². The Bertz CT molecular complexity index is 438. The zero-order chi connectivity index (χ0) is 12.4. The van der Waals surface area contributed by atoms with Gasteiger partial charge in [0.25, 0.3) is 0 Å². The molecule has 2 atom stereocenters. The van der Waals surface area contributed by atoms with E-state index in [0.717, 1.165) is 9.99 Å². The molecule has 1 aromatic carbocycles. The van der Waals surface area contributed by atoms with Gasteiger partial charge in [-0.15, -0.1) is 0 Å². The fourth-order valence-corrected chi connectivity index (χ4v) is 2.76. The summed E-state index contributed by atoms with van der Waals surface area (Å²) in [7, 11) is 0. The third-order valence-electron chi connectivity index (χ3n) is 3.30. The molecule has 0 aromatic heterocycles. The summed E-state index contributed by atoms with van der Waals surface area (Å²) in [5.74, 6) is -1.70. The largest absolute Gasteiger partial charge is 0.481 e. The summed E-state index contributed by atoms with van der Waals surface area (Å²) in [5, 5.41) is 9.07. The van der Waals surface area contributed by atoms with Crippen molar-refractivity contribution in [2.45, 2.75) is 19.3 Å². The monoisotopic (exact) mass is 344 g/mol. The van der Waals surface area contributed by atoms with Gasteiger partial charge in [0.2, 0.25) is 0 Å². The first-order chi connectivity index (χ1) is 8.09. The zero-order valence-electron chi connectivity index (χ0n) is 9.23. The fraction of sp³-hybridized carbons (Fsp3) is 0.385. The second-order valence-electron chi connectivity index (χ2n) is 4.35. The Morgan fingerprint density at radius 2 is 1.71 bits per heavy atom. The Morgan fingerprint density at radius 3 is 2.29 bits per heavy atom. The van der Waals surface area contributed by atoms with Gasteiger partial charge in [0.05, 0.1) is 5.92 Å². The zero-order valence-corrected chi connectivity index (χ0v) is 11.4. The van der Waals surface area contributed by atoms with E-state index < -0.39 is 11.9 Å². The molecule has 3 nitrogen and oxygen atoms in total. The van der Waals surface area contributed by atoms with Crippen LogP contribution < -0.4 is 0 Å². The number of ketones is 1. The molecule has 2 rings (SSSR count).